The van der Waals surface area contributed by atoms with Crippen LogP contribution in [0, 0.1) is 0 Å². The molecule has 2 rings (SSSR count). The van der Waals surface area contributed by atoms with Crippen molar-refractivity contribution in [2.75, 3.05) is 13.1 Å². The van der Waals surface area contributed by atoms with Crippen LogP contribution in [0.5, 0.6) is 0 Å². The van der Waals surface area contributed by atoms with Gasteiger partial charge in [-0.2, -0.15) is 5.10 Å². The number of aryl methyl sites for hydroxylation is 1. The predicted octanol–water partition coefficient (Wildman–Crippen LogP) is 0.0303. The summed E-state index contributed by atoms with van der Waals surface area (Å²) in [5.74, 6) is 0.539. The van der Waals surface area contributed by atoms with Crippen LogP contribution in [0.25, 0.3) is 0 Å². The van der Waals surface area contributed by atoms with E-state index in [1.54, 1.807) is 43.2 Å². The molecule has 0 spiro atoms. The van der Waals surface area contributed by atoms with Gasteiger partial charge in [0.15, 0.2) is 5.96 Å². The summed E-state index contributed by atoms with van der Waals surface area (Å²) in [5, 5.41) is 26.0. The molecule has 10 heteroatoms. The SMILES string of the molecule is CCNC(=NCc1ccc(S(N)(=O)=O)cc1)NCC(C)(O)c1cnn(C)c1. The summed E-state index contributed by atoms with van der Waals surface area (Å²) in [5.41, 5.74) is 0.423. The van der Waals surface area contributed by atoms with E-state index in [2.05, 4.69) is 20.7 Å². The van der Waals surface area contributed by atoms with E-state index < -0.39 is 15.6 Å². The van der Waals surface area contributed by atoms with Crippen molar-refractivity contribution in [1.29, 1.82) is 0 Å². The Hall–Kier alpha value is -2.43. The molecule has 5 N–H and O–H groups in total. The molecule has 2 aromatic rings. The van der Waals surface area contributed by atoms with Crippen molar-refractivity contribution >= 4 is 16.0 Å². The number of aliphatic hydroxyl groups is 1. The number of sulfonamides is 1. The predicted molar refractivity (Wildman–Crippen MR) is 103 cm³/mol. The second-order valence-corrected chi connectivity index (χ2v) is 7.98. The lowest BCUT2D eigenvalue weighted by Crippen LogP contribution is -2.44. The first-order valence-corrected chi connectivity index (χ1v) is 10.0. The van der Waals surface area contributed by atoms with E-state index in [1.165, 1.54) is 12.1 Å². The number of hydrogen-bond acceptors (Lipinski definition) is 5. The molecule has 27 heavy (non-hydrogen) atoms. The van der Waals surface area contributed by atoms with E-state index in [0.717, 1.165) is 5.56 Å². The van der Waals surface area contributed by atoms with Gasteiger partial charge in [0.25, 0.3) is 0 Å². The van der Waals surface area contributed by atoms with E-state index in [9.17, 15) is 13.5 Å². The Bertz CT molecular complexity index is 888. The molecule has 0 aliphatic heterocycles. The van der Waals surface area contributed by atoms with Gasteiger partial charge in [-0.25, -0.2) is 18.5 Å². The molecule has 0 amide bonds. The van der Waals surface area contributed by atoms with Gasteiger partial charge in [-0.1, -0.05) is 12.1 Å². The molecule has 1 unspecified atom stereocenters. The van der Waals surface area contributed by atoms with Crippen molar-refractivity contribution < 1.29 is 13.5 Å². The maximum absolute atomic E-state index is 11.3. The van der Waals surface area contributed by atoms with E-state index >= 15 is 0 Å². The summed E-state index contributed by atoms with van der Waals surface area (Å²) in [6, 6.07) is 6.23. The van der Waals surface area contributed by atoms with Crippen LogP contribution in [0.3, 0.4) is 0 Å². The minimum Gasteiger partial charge on any atom is -0.383 e. The average molecular weight is 395 g/mol. The van der Waals surface area contributed by atoms with Gasteiger partial charge in [0.05, 0.1) is 24.2 Å². The zero-order valence-corrected chi connectivity index (χ0v) is 16.5. The van der Waals surface area contributed by atoms with Gasteiger partial charge in [-0.3, -0.25) is 4.68 Å². The van der Waals surface area contributed by atoms with Crippen LogP contribution in [0.15, 0.2) is 46.5 Å². The van der Waals surface area contributed by atoms with Gasteiger partial charge >= 0.3 is 0 Å². The molecule has 1 atom stereocenters. The molecular weight excluding hydrogens is 368 g/mol. The smallest absolute Gasteiger partial charge is 0.238 e. The highest BCUT2D eigenvalue weighted by Gasteiger charge is 2.24. The molecule has 0 saturated heterocycles. The first-order valence-electron chi connectivity index (χ1n) is 8.47. The van der Waals surface area contributed by atoms with Crippen LogP contribution in [-0.2, 0) is 29.2 Å². The Labute approximate surface area is 159 Å². The second kappa shape index (κ2) is 8.51. The molecule has 0 bridgehead atoms. The Morgan fingerprint density at radius 1 is 1.33 bits per heavy atom. The Kier molecular flexibility index (Phi) is 6.58. The third-order valence-corrected chi connectivity index (χ3v) is 4.87. The number of aromatic nitrogens is 2. The van der Waals surface area contributed by atoms with Crippen molar-refractivity contribution in [3.8, 4) is 0 Å². The van der Waals surface area contributed by atoms with Crippen LogP contribution in [0.2, 0.25) is 0 Å². The molecule has 0 saturated carbocycles. The summed E-state index contributed by atoms with van der Waals surface area (Å²) < 4.78 is 24.2. The standard InChI is InChI=1S/C17H26N6O3S/c1-4-19-16(21-12-17(2,24)14-10-22-23(3)11-14)20-9-13-5-7-15(8-6-13)27(18,25)26/h5-8,10-11,24H,4,9,12H2,1-3H3,(H2,18,25,26)(H2,19,20,21). The van der Waals surface area contributed by atoms with Gasteiger partial charge < -0.3 is 15.7 Å². The van der Waals surface area contributed by atoms with Crippen LogP contribution in [-0.4, -0.2) is 42.4 Å². The lowest BCUT2D eigenvalue weighted by Gasteiger charge is -2.23. The third-order valence-electron chi connectivity index (χ3n) is 3.94. The van der Waals surface area contributed by atoms with E-state index in [0.29, 0.717) is 24.6 Å². The van der Waals surface area contributed by atoms with Crippen molar-refractivity contribution in [2.24, 2.45) is 17.2 Å². The summed E-state index contributed by atoms with van der Waals surface area (Å²) >= 11 is 0. The van der Waals surface area contributed by atoms with Crippen LogP contribution < -0.4 is 15.8 Å². The average Bonchev–Trinajstić information content (AvgIpc) is 3.04. The number of primary sulfonamides is 1. The van der Waals surface area contributed by atoms with E-state index in [4.69, 9.17) is 5.14 Å². The van der Waals surface area contributed by atoms with Gasteiger partial charge in [-0.15, -0.1) is 0 Å². The van der Waals surface area contributed by atoms with Gasteiger partial charge in [0.2, 0.25) is 10.0 Å². The summed E-state index contributed by atoms with van der Waals surface area (Å²) in [6.45, 7) is 4.89. The summed E-state index contributed by atoms with van der Waals surface area (Å²) in [7, 11) is -1.91. The minimum atomic E-state index is -3.70. The molecule has 0 fully saturated rings. The van der Waals surface area contributed by atoms with Gasteiger partial charge in [0, 0.05) is 25.4 Å². The largest absolute Gasteiger partial charge is 0.383 e. The highest BCUT2D eigenvalue weighted by atomic mass is 32.2. The molecule has 1 aromatic carbocycles. The molecule has 0 aliphatic carbocycles. The monoisotopic (exact) mass is 394 g/mol. The molecule has 9 nitrogen and oxygen atoms in total. The normalized spacial score (nSPS) is 14.6. The first kappa shape index (κ1) is 20.9. The quantitative estimate of drug-likeness (QED) is 0.387. The third kappa shape index (κ3) is 6.05. The van der Waals surface area contributed by atoms with Gasteiger partial charge in [-0.05, 0) is 31.5 Å². The molecular formula is C17H26N6O3S. The fourth-order valence-electron chi connectivity index (χ4n) is 2.35. The maximum atomic E-state index is 11.3. The van der Waals surface area contributed by atoms with Crippen molar-refractivity contribution in [3.05, 3.63) is 47.8 Å². The Morgan fingerprint density at radius 3 is 2.52 bits per heavy atom. The topological polar surface area (TPSA) is 135 Å². The highest BCUT2D eigenvalue weighted by molar-refractivity contribution is 7.89. The molecule has 148 valence electrons. The Morgan fingerprint density at radius 2 is 2.00 bits per heavy atom. The maximum Gasteiger partial charge on any atom is 0.238 e. The van der Waals surface area contributed by atoms with Crippen molar-refractivity contribution in [2.45, 2.75) is 30.9 Å². The molecule has 0 radical (unpaired) electrons. The zero-order valence-electron chi connectivity index (χ0n) is 15.7. The highest BCUT2D eigenvalue weighted by Crippen LogP contribution is 2.18. The number of rotatable bonds is 7. The summed E-state index contributed by atoms with van der Waals surface area (Å²) in [4.78, 5) is 4.52. The number of benzene rings is 1. The van der Waals surface area contributed by atoms with Crippen LogP contribution in [0.1, 0.15) is 25.0 Å². The Balaban J connectivity index is 2.03. The van der Waals surface area contributed by atoms with Crippen LogP contribution in [0.4, 0.5) is 0 Å². The zero-order chi connectivity index (χ0) is 20.1. The number of aliphatic imine (C=N–C) groups is 1. The molecule has 0 aliphatic rings. The van der Waals surface area contributed by atoms with E-state index in [-0.39, 0.29) is 11.4 Å². The number of guanidine groups is 1. The first-order chi connectivity index (χ1) is 12.6. The number of hydrogen-bond donors (Lipinski definition) is 4. The molecule has 1 aromatic heterocycles. The van der Waals surface area contributed by atoms with Crippen LogP contribution >= 0.6 is 0 Å². The summed E-state index contributed by atoms with van der Waals surface area (Å²) in [6.07, 6.45) is 3.39. The van der Waals surface area contributed by atoms with E-state index in [1.807, 2.05) is 6.92 Å². The van der Waals surface area contributed by atoms with Crippen molar-refractivity contribution in [3.63, 3.8) is 0 Å². The number of nitrogens with two attached hydrogens (primary N) is 1. The van der Waals surface area contributed by atoms with Gasteiger partial charge in [0.1, 0.15) is 5.60 Å². The fraction of sp³-hybridized carbons (Fsp3) is 0.412. The second-order valence-electron chi connectivity index (χ2n) is 6.41. The molecule has 1 heterocycles. The minimum absolute atomic E-state index is 0.0628. The lowest BCUT2D eigenvalue weighted by molar-refractivity contribution is 0.0616. The lowest BCUT2D eigenvalue weighted by atomic mass is 10.00. The fourth-order valence-corrected chi connectivity index (χ4v) is 2.87. The number of nitrogens with one attached hydrogen (secondary N) is 2. The van der Waals surface area contributed by atoms with Crippen molar-refractivity contribution in [1.82, 2.24) is 20.4 Å². The number of nitrogens with zero attached hydrogens (tertiary/aromatic N) is 3.